The van der Waals surface area contributed by atoms with E-state index >= 15 is 0 Å². The number of alkyl halides is 3. The van der Waals surface area contributed by atoms with E-state index in [0.29, 0.717) is 16.1 Å². The minimum atomic E-state index is -4.74. The fraction of sp³-hybridized carbons (Fsp3) is 0.320. The third-order valence-electron chi connectivity index (χ3n) is 5.60. The van der Waals surface area contributed by atoms with Crippen molar-refractivity contribution in [2.45, 2.75) is 26.6 Å². The number of aromatic nitrogens is 1. The lowest BCUT2D eigenvalue weighted by atomic mass is 10.0. The molecule has 0 spiro atoms. The fourth-order valence-electron chi connectivity index (χ4n) is 3.86. The standard InChI is InChI=1S/C25H26ClF3N2O4S/c1-4-30(14-15-36(3,33)34)24(32)35-23-21(19-10-12-20(26)13-11-19)17(2)22(25(27,28)29)31(23)16-18-8-6-5-7-9-18/h5-13H,4,14-16H2,1-3H3. The van der Waals surface area contributed by atoms with Gasteiger partial charge in [0.1, 0.15) is 15.5 Å². The summed E-state index contributed by atoms with van der Waals surface area (Å²) >= 11 is 5.99. The molecular weight excluding hydrogens is 517 g/mol. The minimum Gasteiger partial charge on any atom is -0.392 e. The Morgan fingerprint density at radius 2 is 1.69 bits per heavy atom. The lowest BCUT2D eigenvalue weighted by Gasteiger charge is -2.22. The summed E-state index contributed by atoms with van der Waals surface area (Å²) < 4.78 is 72.8. The predicted octanol–water partition coefficient (Wildman–Crippen LogP) is 6.05. The monoisotopic (exact) mass is 542 g/mol. The molecule has 36 heavy (non-hydrogen) atoms. The summed E-state index contributed by atoms with van der Waals surface area (Å²) in [6.45, 7) is 2.69. The second kappa shape index (κ2) is 11.0. The van der Waals surface area contributed by atoms with Crippen LogP contribution in [0.4, 0.5) is 18.0 Å². The van der Waals surface area contributed by atoms with E-state index in [4.69, 9.17) is 16.3 Å². The van der Waals surface area contributed by atoms with Crippen LogP contribution in [-0.2, 0) is 22.6 Å². The van der Waals surface area contributed by atoms with Gasteiger partial charge in [-0.15, -0.1) is 0 Å². The zero-order valence-corrected chi connectivity index (χ0v) is 21.5. The summed E-state index contributed by atoms with van der Waals surface area (Å²) in [6.07, 6.45) is -4.66. The molecule has 0 bridgehead atoms. The molecule has 3 rings (SSSR count). The molecule has 11 heteroatoms. The zero-order chi connectivity index (χ0) is 26.7. The van der Waals surface area contributed by atoms with E-state index in [1.54, 1.807) is 49.4 Å². The number of rotatable bonds is 8. The molecule has 0 saturated carbocycles. The lowest BCUT2D eigenvalue weighted by Crippen LogP contribution is -2.37. The highest BCUT2D eigenvalue weighted by Crippen LogP contribution is 2.45. The Morgan fingerprint density at radius 1 is 1.08 bits per heavy atom. The number of halogens is 4. The smallest absolute Gasteiger partial charge is 0.392 e. The van der Waals surface area contributed by atoms with Gasteiger partial charge in [0.2, 0.25) is 5.88 Å². The maximum atomic E-state index is 14.3. The van der Waals surface area contributed by atoms with E-state index in [0.717, 1.165) is 15.7 Å². The molecule has 0 aliphatic rings. The number of carbonyl (C=O) groups excluding carboxylic acids is 1. The highest BCUT2D eigenvalue weighted by molar-refractivity contribution is 7.90. The van der Waals surface area contributed by atoms with Crippen molar-refractivity contribution in [3.05, 3.63) is 76.4 Å². The molecule has 0 radical (unpaired) electrons. The molecule has 1 aromatic heterocycles. The summed E-state index contributed by atoms with van der Waals surface area (Å²) in [6, 6.07) is 14.7. The van der Waals surface area contributed by atoms with E-state index < -0.39 is 27.8 Å². The van der Waals surface area contributed by atoms with Gasteiger partial charge < -0.3 is 14.2 Å². The summed E-state index contributed by atoms with van der Waals surface area (Å²) in [5.41, 5.74) is 0.00189. The summed E-state index contributed by atoms with van der Waals surface area (Å²) in [5.74, 6) is -0.591. The average Bonchev–Trinajstić information content (AvgIpc) is 3.05. The molecule has 0 atom stereocenters. The third kappa shape index (κ3) is 6.61. The second-order valence-corrected chi connectivity index (χ2v) is 11.0. The molecule has 0 fully saturated rings. The Bertz CT molecular complexity index is 1320. The van der Waals surface area contributed by atoms with Crippen LogP contribution in [0.25, 0.3) is 11.1 Å². The van der Waals surface area contributed by atoms with E-state index in [-0.39, 0.29) is 42.4 Å². The first-order valence-electron chi connectivity index (χ1n) is 11.1. The quantitative estimate of drug-likeness (QED) is 0.347. The van der Waals surface area contributed by atoms with E-state index in [9.17, 15) is 26.4 Å². The first-order valence-corrected chi connectivity index (χ1v) is 13.5. The van der Waals surface area contributed by atoms with Gasteiger partial charge in [-0.1, -0.05) is 54.1 Å². The first-order chi connectivity index (χ1) is 16.8. The van der Waals surface area contributed by atoms with Gasteiger partial charge in [-0.25, -0.2) is 13.2 Å². The Morgan fingerprint density at radius 3 is 2.22 bits per heavy atom. The number of amides is 1. The second-order valence-electron chi connectivity index (χ2n) is 8.31. The predicted molar refractivity (Wildman–Crippen MR) is 133 cm³/mol. The van der Waals surface area contributed by atoms with Crippen molar-refractivity contribution < 1.29 is 31.1 Å². The largest absolute Gasteiger partial charge is 0.431 e. The first kappa shape index (κ1) is 27.6. The Balaban J connectivity index is 2.19. The van der Waals surface area contributed by atoms with Crippen molar-refractivity contribution in [2.24, 2.45) is 0 Å². The summed E-state index contributed by atoms with van der Waals surface area (Å²) in [5, 5.41) is 0.396. The Labute approximate surface area is 213 Å². The van der Waals surface area contributed by atoms with Gasteiger partial charge in [-0.05, 0) is 42.7 Å². The molecule has 3 aromatic rings. The van der Waals surface area contributed by atoms with Gasteiger partial charge in [0, 0.05) is 29.9 Å². The van der Waals surface area contributed by atoms with E-state index in [1.807, 2.05) is 0 Å². The van der Waals surface area contributed by atoms with Crippen LogP contribution in [0.1, 0.15) is 23.7 Å². The lowest BCUT2D eigenvalue weighted by molar-refractivity contribution is -0.144. The molecule has 0 aliphatic heterocycles. The zero-order valence-electron chi connectivity index (χ0n) is 20.0. The number of carbonyl (C=O) groups is 1. The van der Waals surface area contributed by atoms with Crippen molar-refractivity contribution in [3.8, 4) is 17.0 Å². The number of nitrogens with zero attached hydrogens (tertiary/aromatic N) is 2. The molecule has 0 aliphatic carbocycles. The molecule has 1 amide bonds. The molecule has 1 heterocycles. The number of sulfone groups is 1. The van der Waals surface area contributed by atoms with Crippen LogP contribution < -0.4 is 4.74 Å². The van der Waals surface area contributed by atoms with Crippen LogP contribution in [0.2, 0.25) is 5.02 Å². The van der Waals surface area contributed by atoms with Gasteiger partial charge in [-0.2, -0.15) is 13.2 Å². The van der Waals surface area contributed by atoms with Crippen molar-refractivity contribution in [3.63, 3.8) is 0 Å². The third-order valence-corrected chi connectivity index (χ3v) is 6.78. The topological polar surface area (TPSA) is 68.6 Å². The highest BCUT2D eigenvalue weighted by Gasteiger charge is 2.41. The highest BCUT2D eigenvalue weighted by atomic mass is 35.5. The van der Waals surface area contributed by atoms with E-state index in [1.165, 1.54) is 19.1 Å². The van der Waals surface area contributed by atoms with Crippen LogP contribution in [0, 0.1) is 6.92 Å². The van der Waals surface area contributed by atoms with Crippen molar-refractivity contribution >= 4 is 27.5 Å². The number of hydrogen-bond donors (Lipinski definition) is 0. The Kier molecular flexibility index (Phi) is 8.40. The van der Waals surface area contributed by atoms with Gasteiger partial charge in [0.05, 0.1) is 12.3 Å². The molecular formula is C25H26ClF3N2O4S. The number of benzene rings is 2. The maximum Gasteiger partial charge on any atom is 0.431 e. The maximum absolute atomic E-state index is 14.3. The number of ether oxygens (including phenoxy) is 1. The average molecular weight is 543 g/mol. The fourth-order valence-corrected chi connectivity index (χ4v) is 4.54. The van der Waals surface area contributed by atoms with Gasteiger partial charge in [0.15, 0.2) is 0 Å². The minimum absolute atomic E-state index is 0.0995. The normalized spacial score (nSPS) is 12.0. The van der Waals surface area contributed by atoms with Gasteiger partial charge in [0.25, 0.3) is 0 Å². The van der Waals surface area contributed by atoms with Crippen LogP contribution in [-0.4, -0.2) is 49.1 Å². The van der Waals surface area contributed by atoms with Crippen molar-refractivity contribution in [1.29, 1.82) is 0 Å². The van der Waals surface area contributed by atoms with Crippen LogP contribution in [0.5, 0.6) is 5.88 Å². The molecule has 6 nitrogen and oxygen atoms in total. The van der Waals surface area contributed by atoms with Gasteiger partial charge in [-0.3, -0.25) is 0 Å². The van der Waals surface area contributed by atoms with Crippen molar-refractivity contribution in [1.82, 2.24) is 9.47 Å². The Hall–Kier alpha value is -2.98. The van der Waals surface area contributed by atoms with Crippen molar-refractivity contribution in [2.75, 3.05) is 25.1 Å². The molecule has 0 N–H and O–H groups in total. The summed E-state index contributed by atoms with van der Waals surface area (Å²) in [4.78, 5) is 14.2. The molecule has 0 unspecified atom stereocenters. The molecule has 194 valence electrons. The molecule has 0 saturated heterocycles. The van der Waals surface area contributed by atoms with Gasteiger partial charge >= 0.3 is 12.3 Å². The summed E-state index contributed by atoms with van der Waals surface area (Å²) in [7, 11) is -3.38. The number of hydrogen-bond acceptors (Lipinski definition) is 4. The van der Waals surface area contributed by atoms with Crippen LogP contribution in [0.15, 0.2) is 54.6 Å². The van der Waals surface area contributed by atoms with E-state index in [2.05, 4.69) is 0 Å². The van der Waals surface area contributed by atoms with Crippen LogP contribution in [0.3, 0.4) is 0 Å². The molecule has 2 aromatic carbocycles. The van der Waals surface area contributed by atoms with Crippen LogP contribution >= 0.6 is 11.6 Å². The SMILES string of the molecule is CCN(CCS(C)(=O)=O)C(=O)Oc1c(-c2ccc(Cl)cc2)c(C)c(C(F)(F)F)n1Cc1ccccc1.